The summed E-state index contributed by atoms with van der Waals surface area (Å²) < 4.78 is 56.4. The molecule has 40 heavy (non-hydrogen) atoms. The number of hydrogen-bond acceptors (Lipinski definition) is 7. The first-order valence-electron chi connectivity index (χ1n) is 11.7. The van der Waals surface area contributed by atoms with Crippen LogP contribution in [0.25, 0.3) is 5.69 Å². The van der Waals surface area contributed by atoms with Crippen LogP contribution in [-0.4, -0.2) is 42.0 Å². The first-order chi connectivity index (χ1) is 19.1. The number of aromatic nitrogens is 3. The van der Waals surface area contributed by atoms with Crippen LogP contribution in [0.4, 0.5) is 13.2 Å². The summed E-state index contributed by atoms with van der Waals surface area (Å²) in [6.45, 7) is 0.00977. The number of halogens is 4. The largest absolute Gasteiger partial charge is 0.493 e. The molecule has 0 fully saturated rings. The van der Waals surface area contributed by atoms with Crippen LogP contribution in [0.2, 0.25) is 5.02 Å². The van der Waals surface area contributed by atoms with E-state index in [0.717, 1.165) is 12.1 Å². The summed E-state index contributed by atoms with van der Waals surface area (Å²) in [4.78, 5) is 13.0. The normalized spacial score (nSPS) is 11.3. The number of rotatable bonds is 10. The molecule has 1 heterocycles. The molecule has 0 unspecified atom stereocenters. The highest BCUT2D eigenvalue weighted by molar-refractivity contribution is 7.98. The Morgan fingerprint density at radius 1 is 0.975 bits per heavy atom. The Kier molecular flexibility index (Phi) is 9.10. The van der Waals surface area contributed by atoms with E-state index in [1.54, 1.807) is 22.8 Å². The molecule has 3 aromatic carbocycles. The first-order valence-corrected chi connectivity index (χ1v) is 13.1. The van der Waals surface area contributed by atoms with E-state index >= 15 is 0 Å². The highest BCUT2D eigenvalue weighted by Gasteiger charge is 2.30. The minimum atomic E-state index is -4.40. The maximum absolute atomic E-state index is 13.0. The molecule has 1 amide bonds. The van der Waals surface area contributed by atoms with Crippen LogP contribution in [0, 0.1) is 0 Å². The van der Waals surface area contributed by atoms with Crippen molar-refractivity contribution in [2.24, 2.45) is 0 Å². The van der Waals surface area contributed by atoms with Crippen molar-refractivity contribution >= 4 is 29.3 Å². The molecule has 8 nitrogen and oxygen atoms in total. The first kappa shape index (κ1) is 29.1. The Hall–Kier alpha value is -3.90. The quantitative estimate of drug-likeness (QED) is 0.220. The van der Waals surface area contributed by atoms with Crippen LogP contribution in [0.3, 0.4) is 0 Å². The van der Waals surface area contributed by atoms with Gasteiger partial charge in [0, 0.05) is 16.3 Å². The van der Waals surface area contributed by atoms with Gasteiger partial charge in [0.25, 0.3) is 5.91 Å². The molecule has 1 aromatic heterocycles. The molecule has 1 N–H and O–H groups in total. The molecular formula is C27H24ClF3N4O4S. The number of hydrogen-bond donors (Lipinski definition) is 1. The van der Waals surface area contributed by atoms with Gasteiger partial charge in [-0.15, -0.1) is 10.2 Å². The van der Waals surface area contributed by atoms with Crippen LogP contribution < -0.4 is 19.5 Å². The number of benzene rings is 3. The molecule has 4 rings (SSSR count). The number of carbonyl (C=O) groups is 1. The Balaban J connectivity index is 1.57. The highest BCUT2D eigenvalue weighted by atomic mass is 35.5. The van der Waals surface area contributed by atoms with E-state index in [4.69, 9.17) is 25.8 Å². The Bertz CT molecular complexity index is 1470. The van der Waals surface area contributed by atoms with Crippen molar-refractivity contribution in [2.45, 2.75) is 23.6 Å². The Labute approximate surface area is 237 Å². The molecule has 0 atom stereocenters. The summed E-state index contributed by atoms with van der Waals surface area (Å²) in [6, 6.07) is 15.0. The van der Waals surface area contributed by atoms with E-state index < -0.39 is 17.6 Å². The fourth-order valence-electron chi connectivity index (χ4n) is 3.79. The van der Waals surface area contributed by atoms with Gasteiger partial charge >= 0.3 is 6.18 Å². The van der Waals surface area contributed by atoms with Gasteiger partial charge in [-0.25, -0.2) is 0 Å². The molecule has 0 aliphatic carbocycles. The number of nitrogens with one attached hydrogen (secondary N) is 1. The van der Waals surface area contributed by atoms with Crippen molar-refractivity contribution in [3.63, 3.8) is 0 Å². The number of methoxy groups -OCH3 is 3. The van der Waals surface area contributed by atoms with Crippen LogP contribution in [0.1, 0.15) is 27.3 Å². The van der Waals surface area contributed by atoms with Crippen LogP contribution in [0.5, 0.6) is 17.2 Å². The number of nitrogens with zero attached hydrogens (tertiary/aromatic N) is 3. The third-order valence-electron chi connectivity index (χ3n) is 5.75. The monoisotopic (exact) mass is 592 g/mol. The lowest BCUT2D eigenvalue weighted by Crippen LogP contribution is -2.24. The standard InChI is InChI=1S/C27H24ClF3N4O4S/c1-37-21-11-17(12-22(38-2)24(21)39-3)25(36)32-14-23-33-34-26(35(23)20-6-4-5-19(28)13-20)40-15-16-7-9-18(10-8-16)27(29,30)31/h4-13H,14-15H2,1-3H3,(H,32,36). The van der Waals surface area contributed by atoms with Crippen molar-refractivity contribution in [2.75, 3.05) is 21.3 Å². The predicted molar refractivity (Wildman–Crippen MR) is 145 cm³/mol. The average Bonchev–Trinajstić information content (AvgIpc) is 3.36. The fourth-order valence-corrected chi connectivity index (χ4v) is 4.91. The molecule has 0 saturated carbocycles. The third kappa shape index (κ3) is 6.62. The summed E-state index contributed by atoms with van der Waals surface area (Å²) in [5.74, 6) is 1.36. The minimum Gasteiger partial charge on any atom is -0.493 e. The van der Waals surface area contributed by atoms with Crippen molar-refractivity contribution in [3.05, 3.63) is 88.2 Å². The van der Waals surface area contributed by atoms with E-state index in [1.807, 2.05) is 6.07 Å². The van der Waals surface area contributed by atoms with Gasteiger partial charge in [-0.05, 0) is 48.0 Å². The summed E-state index contributed by atoms with van der Waals surface area (Å²) in [6.07, 6.45) is -4.40. The zero-order valence-electron chi connectivity index (χ0n) is 21.6. The zero-order chi connectivity index (χ0) is 28.9. The smallest absolute Gasteiger partial charge is 0.416 e. The Morgan fingerprint density at radius 2 is 1.65 bits per heavy atom. The van der Waals surface area contributed by atoms with Gasteiger partial charge in [0.2, 0.25) is 5.75 Å². The average molecular weight is 593 g/mol. The lowest BCUT2D eigenvalue weighted by atomic mass is 10.1. The van der Waals surface area contributed by atoms with Crippen molar-refractivity contribution < 1.29 is 32.2 Å². The fraction of sp³-hybridized carbons (Fsp3) is 0.222. The van der Waals surface area contributed by atoms with E-state index in [0.29, 0.717) is 50.3 Å². The molecule has 4 aromatic rings. The molecular weight excluding hydrogens is 569 g/mol. The molecule has 0 aliphatic rings. The second-order valence-corrected chi connectivity index (χ2v) is 9.67. The predicted octanol–water partition coefficient (Wildman–Crippen LogP) is 6.19. The lowest BCUT2D eigenvalue weighted by molar-refractivity contribution is -0.137. The van der Waals surface area contributed by atoms with Gasteiger partial charge in [-0.3, -0.25) is 9.36 Å². The maximum atomic E-state index is 13.0. The van der Waals surface area contributed by atoms with Gasteiger partial charge in [0.05, 0.1) is 39.1 Å². The molecule has 0 saturated heterocycles. The van der Waals surface area contributed by atoms with Gasteiger partial charge in [0.1, 0.15) is 0 Å². The van der Waals surface area contributed by atoms with Crippen LogP contribution in [-0.2, 0) is 18.5 Å². The van der Waals surface area contributed by atoms with E-state index in [2.05, 4.69) is 15.5 Å². The van der Waals surface area contributed by atoms with Gasteiger partial charge in [-0.1, -0.05) is 41.6 Å². The third-order valence-corrected chi connectivity index (χ3v) is 6.99. The number of alkyl halides is 3. The number of carbonyl (C=O) groups excluding carboxylic acids is 1. The highest BCUT2D eigenvalue weighted by Crippen LogP contribution is 2.38. The summed E-state index contributed by atoms with van der Waals surface area (Å²) >= 11 is 7.51. The number of ether oxygens (including phenoxy) is 3. The molecule has 0 bridgehead atoms. The minimum absolute atomic E-state index is 0.00977. The molecule has 13 heteroatoms. The maximum Gasteiger partial charge on any atom is 0.416 e. The van der Waals surface area contributed by atoms with Crippen LogP contribution in [0.15, 0.2) is 65.8 Å². The summed E-state index contributed by atoms with van der Waals surface area (Å²) in [7, 11) is 4.38. The summed E-state index contributed by atoms with van der Waals surface area (Å²) in [5, 5.41) is 12.3. The molecule has 0 radical (unpaired) electrons. The summed E-state index contributed by atoms with van der Waals surface area (Å²) in [5.41, 5.74) is 0.897. The number of amides is 1. The SMILES string of the molecule is COc1cc(C(=O)NCc2nnc(SCc3ccc(C(F)(F)F)cc3)n2-c2cccc(Cl)c2)cc(OC)c1OC. The van der Waals surface area contributed by atoms with E-state index in [9.17, 15) is 18.0 Å². The molecule has 0 aliphatic heterocycles. The topological polar surface area (TPSA) is 87.5 Å². The molecule has 210 valence electrons. The van der Waals surface area contributed by atoms with E-state index in [1.165, 1.54) is 57.4 Å². The van der Waals surface area contributed by atoms with Crippen molar-refractivity contribution in [3.8, 4) is 22.9 Å². The second-order valence-electron chi connectivity index (χ2n) is 8.29. The lowest BCUT2D eigenvalue weighted by Gasteiger charge is -2.14. The van der Waals surface area contributed by atoms with Gasteiger partial charge in [0.15, 0.2) is 22.5 Å². The second kappa shape index (κ2) is 12.5. The van der Waals surface area contributed by atoms with Crippen LogP contribution >= 0.6 is 23.4 Å². The van der Waals surface area contributed by atoms with Crippen molar-refractivity contribution in [1.82, 2.24) is 20.1 Å². The van der Waals surface area contributed by atoms with Crippen molar-refractivity contribution in [1.29, 1.82) is 0 Å². The number of thioether (sulfide) groups is 1. The Morgan fingerprint density at radius 3 is 2.23 bits per heavy atom. The van der Waals surface area contributed by atoms with E-state index in [-0.39, 0.29) is 12.1 Å². The van der Waals surface area contributed by atoms with Gasteiger partial charge < -0.3 is 19.5 Å². The van der Waals surface area contributed by atoms with Gasteiger partial charge in [-0.2, -0.15) is 13.2 Å². The zero-order valence-corrected chi connectivity index (χ0v) is 23.2. The molecule has 0 spiro atoms.